The Balaban J connectivity index is 2.40. The van der Waals surface area contributed by atoms with Crippen molar-refractivity contribution in [2.24, 2.45) is 5.92 Å². The highest BCUT2D eigenvalue weighted by atomic mass is 16.1. The Labute approximate surface area is 80.6 Å². The van der Waals surface area contributed by atoms with Crippen molar-refractivity contribution < 1.29 is 4.79 Å². The van der Waals surface area contributed by atoms with E-state index in [1.807, 2.05) is 0 Å². The van der Waals surface area contributed by atoms with Gasteiger partial charge in [0.15, 0.2) is 0 Å². The van der Waals surface area contributed by atoms with E-state index in [4.69, 9.17) is 0 Å². The van der Waals surface area contributed by atoms with E-state index in [-0.39, 0.29) is 0 Å². The molecule has 1 saturated heterocycles. The highest BCUT2D eigenvalue weighted by Gasteiger charge is 2.25. The molecule has 0 bridgehead atoms. The minimum Gasteiger partial charge on any atom is -0.303 e. The summed E-state index contributed by atoms with van der Waals surface area (Å²) in [5.74, 6) is 0.549. The number of hydrogen-bond acceptors (Lipinski definition) is 2. The van der Waals surface area contributed by atoms with Gasteiger partial charge in [-0.1, -0.05) is 12.2 Å². The van der Waals surface area contributed by atoms with Crippen LogP contribution < -0.4 is 0 Å². The van der Waals surface area contributed by atoms with Crippen LogP contribution in [0, 0.1) is 5.92 Å². The smallest absolute Gasteiger partial charge is 0.124 e. The van der Waals surface area contributed by atoms with Gasteiger partial charge in [0.25, 0.3) is 0 Å². The van der Waals surface area contributed by atoms with E-state index >= 15 is 0 Å². The number of carbonyl (C=O) groups is 1. The highest BCUT2D eigenvalue weighted by molar-refractivity contribution is 5.54. The average molecular weight is 181 g/mol. The second kappa shape index (κ2) is 4.56. The number of nitrogens with zero attached hydrogens (tertiary/aromatic N) is 1. The summed E-state index contributed by atoms with van der Waals surface area (Å²) in [6, 6.07) is 0.619. The largest absolute Gasteiger partial charge is 0.303 e. The van der Waals surface area contributed by atoms with Gasteiger partial charge in [-0.3, -0.25) is 0 Å². The van der Waals surface area contributed by atoms with Gasteiger partial charge in [-0.05, 0) is 32.7 Å². The molecule has 0 saturated carbocycles. The summed E-state index contributed by atoms with van der Waals surface area (Å²) in [5.41, 5.74) is 1.11. The van der Waals surface area contributed by atoms with Crippen LogP contribution in [-0.2, 0) is 4.79 Å². The molecule has 0 spiro atoms. The first-order valence-corrected chi connectivity index (χ1v) is 5.00. The standard InChI is InChI=1S/C11H19NO/c1-9(2)12-6-4-11(8-12)10(3)5-7-13/h7,9,11H,3-6,8H2,1-2H3. The summed E-state index contributed by atoms with van der Waals surface area (Å²) < 4.78 is 0. The van der Waals surface area contributed by atoms with Gasteiger partial charge in [0, 0.05) is 19.0 Å². The van der Waals surface area contributed by atoms with E-state index < -0.39 is 0 Å². The normalized spacial score (nSPS) is 23.8. The summed E-state index contributed by atoms with van der Waals surface area (Å²) in [6.07, 6.45) is 2.67. The van der Waals surface area contributed by atoms with E-state index in [1.165, 1.54) is 6.42 Å². The predicted octanol–water partition coefficient (Wildman–Crippen LogP) is 1.86. The Morgan fingerprint density at radius 2 is 2.38 bits per heavy atom. The van der Waals surface area contributed by atoms with Crippen LogP contribution in [0.2, 0.25) is 0 Å². The van der Waals surface area contributed by atoms with Crippen molar-refractivity contribution in [2.75, 3.05) is 13.1 Å². The maximum atomic E-state index is 10.3. The second-order valence-electron chi connectivity index (χ2n) is 4.10. The minimum absolute atomic E-state index is 0.538. The molecule has 0 N–H and O–H groups in total. The van der Waals surface area contributed by atoms with Crippen molar-refractivity contribution in [1.82, 2.24) is 4.90 Å². The average Bonchev–Trinajstić information content (AvgIpc) is 2.52. The van der Waals surface area contributed by atoms with Crippen LogP contribution in [0.1, 0.15) is 26.7 Å². The van der Waals surface area contributed by atoms with Gasteiger partial charge >= 0.3 is 0 Å². The van der Waals surface area contributed by atoms with Crippen LogP contribution in [0.3, 0.4) is 0 Å². The molecule has 2 heteroatoms. The van der Waals surface area contributed by atoms with Crippen molar-refractivity contribution in [1.29, 1.82) is 0 Å². The Hall–Kier alpha value is -0.630. The summed E-state index contributed by atoms with van der Waals surface area (Å²) in [7, 11) is 0. The van der Waals surface area contributed by atoms with Crippen molar-refractivity contribution >= 4 is 6.29 Å². The number of carbonyl (C=O) groups excluding carboxylic acids is 1. The maximum absolute atomic E-state index is 10.3. The van der Waals surface area contributed by atoms with Crippen LogP contribution in [-0.4, -0.2) is 30.3 Å². The van der Waals surface area contributed by atoms with Crippen LogP contribution >= 0.6 is 0 Å². The quantitative estimate of drug-likeness (QED) is 0.487. The summed E-state index contributed by atoms with van der Waals surface area (Å²) in [6.45, 7) is 10.6. The Bertz CT molecular complexity index is 198. The first-order chi connectivity index (χ1) is 6.15. The lowest BCUT2D eigenvalue weighted by Crippen LogP contribution is -2.28. The van der Waals surface area contributed by atoms with Gasteiger partial charge in [-0.2, -0.15) is 0 Å². The number of likely N-dealkylation sites (tertiary alicyclic amines) is 1. The van der Waals surface area contributed by atoms with Crippen molar-refractivity contribution in [3.05, 3.63) is 12.2 Å². The van der Waals surface area contributed by atoms with Crippen molar-refractivity contribution in [3.63, 3.8) is 0 Å². The highest BCUT2D eigenvalue weighted by Crippen LogP contribution is 2.25. The monoisotopic (exact) mass is 181 g/mol. The van der Waals surface area contributed by atoms with Crippen molar-refractivity contribution in [2.45, 2.75) is 32.7 Å². The molecule has 1 fully saturated rings. The number of rotatable bonds is 4. The van der Waals surface area contributed by atoms with Crippen LogP contribution in [0.25, 0.3) is 0 Å². The fourth-order valence-corrected chi connectivity index (χ4v) is 1.86. The van der Waals surface area contributed by atoms with Crippen LogP contribution in [0.15, 0.2) is 12.2 Å². The molecule has 1 aliphatic heterocycles. The Kier molecular flexibility index (Phi) is 3.67. The Morgan fingerprint density at radius 1 is 1.69 bits per heavy atom. The Morgan fingerprint density at radius 3 is 2.85 bits per heavy atom. The first kappa shape index (κ1) is 10.5. The lowest BCUT2D eigenvalue weighted by atomic mass is 9.98. The third-order valence-electron chi connectivity index (χ3n) is 2.87. The maximum Gasteiger partial charge on any atom is 0.124 e. The molecule has 0 aromatic heterocycles. The van der Waals surface area contributed by atoms with Gasteiger partial charge in [-0.15, -0.1) is 0 Å². The lowest BCUT2D eigenvalue weighted by molar-refractivity contribution is -0.107. The molecule has 13 heavy (non-hydrogen) atoms. The fraction of sp³-hybridized carbons (Fsp3) is 0.727. The summed E-state index contributed by atoms with van der Waals surface area (Å²) >= 11 is 0. The van der Waals surface area contributed by atoms with Crippen molar-refractivity contribution in [3.8, 4) is 0 Å². The van der Waals surface area contributed by atoms with Crippen LogP contribution in [0.4, 0.5) is 0 Å². The van der Waals surface area contributed by atoms with E-state index in [0.717, 1.165) is 24.9 Å². The molecular formula is C11H19NO. The number of aldehydes is 1. The van der Waals surface area contributed by atoms with Crippen LogP contribution in [0.5, 0.6) is 0 Å². The van der Waals surface area contributed by atoms with Gasteiger partial charge in [0.1, 0.15) is 6.29 Å². The predicted molar refractivity (Wildman–Crippen MR) is 54.6 cm³/mol. The third-order valence-corrected chi connectivity index (χ3v) is 2.87. The molecule has 0 aliphatic carbocycles. The molecule has 1 rings (SSSR count). The topological polar surface area (TPSA) is 20.3 Å². The van der Waals surface area contributed by atoms with E-state index in [2.05, 4.69) is 25.3 Å². The molecule has 0 aromatic rings. The molecule has 74 valence electrons. The summed E-state index contributed by atoms with van der Waals surface area (Å²) in [4.78, 5) is 12.8. The van der Waals surface area contributed by atoms with Gasteiger partial charge in [-0.25, -0.2) is 0 Å². The second-order valence-corrected chi connectivity index (χ2v) is 4.10. The lowest BCUT2D eigenvalue weighted by Gasteiger charge is -2.20. The van der Waals surface area contributed by atoms with Gasteiger partial charge in [0.05, 0.1) is 0 Å². The molecule has 1 aliphatic rings. The zero-order valence-corrected chi connectivity index (χ0v) is 8.62. The fourth-order valence-electron chi connectivity index (χ4n) is 1.86. The summed E-state index contributed by atoms with van der Waals surface area (Å²) in [5, 5.41) is 0. The first-order valence-electron chi connectivity index (χ1n) is 5.00. The molecular weight excluding hydrogens is 162 g/mol. The van der Waals surface area contributed by atoms with E-state index in [1.54, 1.807) is 0 Å². The SMILES string of the molecule is C=C(CC=O)C1CCN(C(C)C)C1. The van der Waals surface area contributed by atoms with Gasteiger partial charge in [0.2, 0.25) is 0 Å². The molecule has 0 amide bonds. The number of hydrogen-bond donors (Lipinski definition) is 0. The zero-order valence-electron chi connectivity index (χ0n) is 8.62. The van der Waals surface area contributed by atoms with E-state index in [0.29, 0.717) is 18.4 Å². The molecule has 1 heterocycles. The molecule has 0 aromatic carbocycles. The molecule has 1 unspecified atom stereocenters. The third kappa shape index (κ3) is 2.66. The zero-order chi connectivity index (χ0) is 9.84. The minimum atomic E-state index is 0.538. The molecule has 2 nitrogen and oxygen atoms in total. The molecule has 1 atom stereocenters. The van der Waals surface area contributed by atoms with E-state index in [9.17, 15) is 4.79 Å². The van der Waals surface area contributed by atoms with Gasteiger partial charge < -0.3 is 9.69 Å². The molecule has 0 radical (unpaired) electrons.